The van der Waals surface area contributed by atoms with E-state index < -0.39 is 9.84 Å². The minimum atomic E-state index is -3.32. The molecule has 2 aromatic carbocycles. The number of rotatable bonds is 7. The highest BCUT2D eigenvalue weighted by Crippen LogP contribution is 2.20. The summed E-state index contributed by atoms with van der Waals surface area (Å²) in [5, 5.41) is 0. The number of likely N-dealkylation sites (N-methyl/N-ethyl adjacent to an activating group) is 1. The Hall–Kier alpha value is -1.91. The van der Waals surface area contributed by atoms with Gasteiger partial charge < -0.3 is 0 Å². The average molecular weight is 329 g/mol. The van der Waals surface area contributed by atoms with E-state index in [9.17, 15) is 8.42 Å². The van der Waals surface area contributed by atoms with Crippen LogP contribution in [0.1, 0.15) is 18.5 Å². The molecule has 0 radical (unpaired) electrons. The molecule has 0 aliphatic carbocycles. The molecule has 4 heteroatoms. The van der Waals surface area contributed by atoms with Crippen LogP contribution in [0.15, 0.2) is 77.7 Å². The normalized spacial score (nSPS) is 13.0. The Labute approximate surface area is 139 Å². The molecule has 23 heavy (non-hydrogen) atoms. The van der Waals surface area contributed by atoms with Crippen molar-refractivity contribution in [1.82, 2.24) is 4.90 Å². The number of sulfone groups is 1. The third kappa shape index (κ3) is 4.78. The Morgan fingerprint density at radius 1 is 1.04 bits per heavy atom. The largest absolute Gasteiger partial charge is 0.296 e. The molecule has 2 aromatic rings. The summed E-state index contributed by atoms with van der Waals surface area (Å²) in [6, 6.07) is 18.9. The number of benzene rings is 2. The maximum atomic E-state index is 12.4. The molecule has 0 spiro atoms. The summed E-state index contributed by atoms with van der Waals surface area (Å²) in [5.74, 6) is -0.0249. The van der Waals surface area contributed by atoms with Gasteiger partial charge in [0, 0.05) is 12.6 Å². The molecule has 0 aliphatic heterocycles. The molecule has 0 aromatic heterocycles. The summed E-state index contributed by atoms with van der Waals surface area (Å²) in [6.07, 6.45) is 0. The maximum Gasteiger partial charge on any atom is 0.182 e. The zero-order valence-electron chi connectivity index (χ0n) is 13.6. The number of nitrogens with zero attached hydrogens (tertiary/aromatic N) is 1. The lowest BCUT2D eigenvalue weighted by Gasteiger charge is -2.26. The van der Waals surface area contributed by atoms with Crippen molar-refractivity contribution >= 4 is 9.84 Å². The van der Waals surface area contributed by atoms with Crippen molar-refractivity contribution in [1.29, 1.82) is 0 Å². The summed E-state index contributed by atoms with van der Waals surface area (Å²) in [5.41, 5.74) is 1.90. The van der Waals surface area contributed by atoms with Gasteiger partial charge in [0.05, 0.1) is 10.6 Å². The zero-order valence-corrected chi connectivity index (χ0v) is 14.5. The third-order valence-corrected chi connectivity index (χ3v) is 5.69. The first kappa shape index (κ1) is 17.4. The molecule has 0 bridgehead atoms. The standard InChI is InChI=1S/C19H23NO2S/c1-16(15-23(21,22)19-12-8-5-9-13-19)14-20(3)17(2)18-10-6-4-7-11-18/h4-13,17H,1,14-15H2,2-3H3/t17-/m0/s1. The molecule has 1 atom stereocenters. The molecule has 0 amide bonds. The Kier molecular flexibility index (Phi) is 5.74. The summed E-state index contributed by atoms with van der Waals surface area (Å²) in [6.45, 7) is 6.61. The second kappa shape index (κ2) is 7.57. The molecular weight excluding hydrogens is 306 g/mol. The van der Waals surface area contributed by atoms with Gasteiger partial charge in [0.2, 0.25) is 0 Å². The summed E-state index contributed by atoms with van der Waals surface area (Å²) < 4.78 is 24.8. The van der Waals surface area contributed by atoms with E-state index in [0.717, 1.165) is 0 Å². The van der Waals surface area contributed by atoms with E-state index in [4.69, 9.17) is 0 Å². The molecule has 0 saturated carbocycles. The van der Waals surface area contributed by atoms with Crippen molar-refractivity contribution in [3.8, 4) is 0 Å². The fraction of sp³-hybridized carbons (Fsp3) is 0.263. The van der Waals surface area contributed by atoms with E-state index in [-0.39, 0.29) is 11.8 Å². The van der Waals surface area contributed by atoms with Crippen LogP contribution in [0.2, 0.25) is 0 Å². The van der Waals surface area contributed by atoms with Crippen LogP contribution in [0.3, 0.4) is 0 Å². The molecule has 0 fully saturated rings. The van der Waals surface area contributed by atoms with E-state index in [0.29, 0.717) is 17.0 Å². The molecular formula is C19H23NO2S. The summed E-state index contributed by atoms with van der Waals surface area (Å²) >= 11 is 0. The predicted octanol–water partition coefficient (Wildman–Crippen LogP) is 3.71. The fourth-order valence-corrected chi connectivity index (χ4v) is 3.87. The molecule has 2 rings (SSSR count). The lowest BCUT2D eigenvalue weighted by Crippen LogP contribution is -2.26. The lowest BCUT2D eigenvalue weighted by molar-refractivity contribution is 0.284. The van der Waals surface area contributed by atoms with E-state index in [2.05, 4.69) is 30.5 Å². The van der Waals surface area contributed by atoms with Crippen LogP contribution in [0.25, 0.3) is 0 Å². The molecule has 0 N–H and O–H groups in total. The predicted molar refractivity (Wildman–Crippen MR) is 95.1 cm³/mol. The second-order valence-corrected chi connectivity index (χ2v) is 7.81. The lowest BCUT2D eigenvalue weighted by atomic mass is 10.1. The average Bonchev–Trinajstić information content (AvgIpc) is 2.55. The van der Waals surface area contributed by atoms with E-state index >= 15 is 0 Å². The smallest absolute Gasteiger partial charge is 0.182 e. The van der Waals surface area contributed by atoms with Crippen LogP contribution < -0.4 is 0 Å². The minimum Gasteiger partial charge on any atom is -0.296 e. The first-order valence-electron chi connectivity index (χ1n) is 7.60. The van der Waals surface area contributed by atoms with E-state index in [1.54, 1.807) is 24.3 Å². The van der Waals surface area contributed by atoms with Crippen molar-refractivity contribution in [3.05, 3.63) is 78.4 Å². The number of hydrogen-bond donors (Lipinski definition) is 0. The molecule has 0 unspecified atom stereocenters. The number of hydrogen-bond acceptors (Lipinski definition) is 3. The summed E-state index contributed by atoms with van der Waals surface area (Å²) in [7, 11) is -1.34. The van der Waals surface area contributed by atoms with Crippen LogP contribution >= 0.6 is 0 Å². The molecule has 122 valence electrons. The van der Waals surface area contributed by atoms with Gasteiger partial charge in [-0.1, -0.05) is 55.1 Å². The Morgan fingerprint density at radius 2 is 1.57 bits per heavy atom. The highest BCUT2D eigenvalue weighted by Gasteiger charge is 2.18. The van der Waals surface area contributed by atoms with E-state index in [1.807, 2.05) is 31.3 Å². The molecule has 3 nitrogen and oxygen atoms in total. The molecule has 0 aliphatic rings. The molecule has 0 heterocycles. The molecule has 0 saturated heterocycles. The van der Waals surface area contributed by atoms with Crippen LogP contribution in [0.5, 0.6) is 0 Å². The van der Waals surface area contributed by atoms with Gasteiger partial charge in [-0.2, -0.15) is 0 Å². The van der Waals surface area contributed by atoms with Crippen molar-refractivity contribution in [3.63, 3.8) is 0 Å². The van der Waals surface area contributed by atoms with E-state index in [1.165, 1.54) is 5.56 Å². The van der Waals surface area contributed by atoms with Gasteiger partial charge in [-0.05, 0) is 37.2 Å². The first-order valence-corrected chi connectivity index (χ1v) is 9.25. The van der Waals surface area contributed by atoms with Crippen molar-refractivity contribution in [2.24, 2.45) is 0 Å². The van der Waals surface area contributed by atoms with Gasteiger partial charge in [-0.15, -0.1) is 0 Å². The summed E-state index contributed by atoms with van der Waals surface area (Å²) in [4.78, 5) is 2.46. The van der Waals surface area contributed by atoms with Gasteiger partial charge >= 0.3 is 0 Å². The van der Waals surface area contributed by atoms with Gasteiger partial charge in [0.25, 0.3) is 0 Å². The second-order valence-electron chi connectivity index (χ2n) is 5.82. The van der Waals surface area contributed by atoms with Crippen LogP contribution in [-0.4, -0.2) is 32.7 Å². The topological polar surface area (TPSA) is 37.4 Å². The van der Waals surface area contributed by atoms with Gasteiger partial charge in [-0.3, -0.25) is 4.90 Å². The van der Waals surface area contributed by atoms with Crippen molar-refractivity contribution in [2.75, 3.05) is 19.3 Å². The Bertz CT molecular complexity index is 739. The highest BCUT2D eigenvalue weighted by molar-refractivity contribution is 7.91. The SMILES string of the molecule is C=C(CN(C)[C@@H](C)c1ccccc1)CS(=O)(=O)c1ccccc1. The first-order chi connectivity index (χ1) is 10.9. The monoisotopic (exact) mass is 329 g/mol. The van der Waals surface area contributed by atoms with Crippen molar-refractivity contribution in [2.45, 2.75) is 17.9 Å². The zero-order chi connectivity index (χ0) is 16.9. The highest BCUT2D eigenvalue weighted by atomic mass is 32.2. The fourth-order valence-electron chi connectivity index (χ4n) is 2.50. The van der Waals surface area contributed by atoms with Gasteiger partial charge in [-0.25, -0.2) is 8.42 Å². The van der Waals surface area contributed by atoms with Crippen LogP contribution in [0.4, 0.5) is 0 Å². The minimum absolute atomic E-state index is 0.0249. The maximum absolute atomic E-state index is 12.4. The quantitative estimate of drug-likeness (QED) is 0.727. The van der Waals surface area contributed by atoms with Crippen LogP contribution in [-0.2, 0) is 9.84 Å². The van der Waals surface area contributed by atoms with Crippen LogP contribution in [0, 0.1) is 0 Å². The Balaban J connectivity index is 1.99. The van der Waals surface area contributed by atoms with Crippen molar-refractivity contribution < 1.29 is 8.42 Å². The third-order valence-electron chi connectivity index (χ3n) is 3.91. The van der Waals surface area contributed by atoms with Gasteiger partial charge in [0.1, 0.15) is 0 Å². The Morgan fingerprint density at radius 3 is 2.13 bits per heavy atom. The van der Waals surface area contributed by atoms with Gasteiger partial charge in [0.15, 0.2) is 9.84 Å².